The molecule has 0 bridgehead atoms. The van der Waals surface area contributed by atoms with Crippen LogP contribution in [0.4, 0.5) is 10.1 Å². The van der Waals surface area contributed by atoms with E-state index < -0.39 is 5.82 Å². The van der Waals surface area contributed by atoms with E-state index >= 15 is 0 Å². The van der Waals surface area contributed by atoms with E-state index in [1.54, 1.807) is 12.1 Å². The molecular formula is C18H16BrFN2O3. The van der Waals surface area contributed by atoms with Crippen molar-refractivity contribution in [1.29, 1.82) is 0 Å². The van der Waals surface area contributed by atoms with Crippen molar-refractivity contribution < 1.29 is 18.7 Å². The number of fused-ring (bicyclic) bond motifs is 1. The number of hydrogen-bond donors (Lipinski definition) is 2. The Morgan fingerprint density at radius 2 is 2.08 bits per heavy atom. The number of anilines is 1. The summed E-state index contributed by atoms with van der Waals surface area (Å²) in [5.74, 6) is -0.139. The molecule has 0 fully saturated rings. The summed E-state index contributed by atoms with van der Waals surface area (Å²) in [7, 11) is 0. The minimum absolute atomic E-state index is 0.0212. The molecule has 0 saturated heterocycles. The highest BCUT2D eigenvalue weighted by Crippen LogP contribution is 2.26. The number of aryl methyl sites for hydroxylation is 1. The summed E-state index contributed by atoms with van der Waals surface area (Å²) in [6, 6.07) is 9.50. The molecule has 2 aromatic carbocycles. The summed E-state index contributed by atoms with van der Waals surface area (Å²) in [6.45, 7) is 0.578. The molecule has 0 atom stereocenters. The van der Waals surface area contributed by atoms with Crippen LogP contribution in [0.1, 0.15) is 22.3 Å². The zero-order chi connectivity index (χ0) is 17.8. The number of carbonyl (C=O) groups excluding carboxylic acids is 2. The van der Waals surface area contributed by atoms with Crippen LogP contribution in [-0.4, -0.2) is 25.0 Å². The van der Waals surface area contributed by atoms with Crippen molar-refractivity contribution in [3.63, 3.8) is 0 Å². The lowest BCUT2D eigenvalue weighted by Gasteiger charge is -2.17. The minimum atomic E-state index is -0.475. The van der Waals surface area contributed by atoms with Gasteiger partial charge in [0.1, 0.15) is 18.2 Å². The van der Waals surface area contributed by atoms with Crippen molar-refractivity contribution in [1.82, 2.24) is 5.32 Å². The predicted molar refractivity (Wildman–Crippen MR) is 95.3 cm³/mol. The summed E-state index contributed by atoms with van der Waals surface area (Å²) in [4.78, 5) is 23.3. The van der Waals surface area contributed by atoms with Gasteiger partial charge >= 0.3 is 0 Å². The Labute approximate surface area is 152 Å². The predicted octanol–water partition coefficient (Wildman–Crippen LogP) is 3.28. The molecule has 0 unspecified atom stereocenters. The lowest BCUT2D eigenvalue weighted by molar-refractivity contribution is -0.116. The van der Waals surface area contributed by atoms with Gasteiger partial charge in [-0.15, -0.1) is 0 Å². The van der Waals surface area contributed by atoms with Crippen LogP contribution in [0.5, 0.6) is 5.75 Å². The Morgan fingerprint density at radius 1 is 1.24 bits per heavy atom. The molecule has 1 aliphatic rings. The lowest BCUT2D eigenvalue weighted by Crippen LogP contribution is -2.28. The maximum atomic E-state index is 13.3. The van der Waals surface area contributed by atoms with Gasteiger partial charge in [-0.05, 0) is 48.4 Å². The summed E-state index contributed by atoms with van der Waals surface area (Å²) in [5.41, 5.74) is 2.09. The molecule has 2 amide bonds. The van der Waals surface area contributed by atoms with Gasteiger partial charge in [0.25, 0.3) is 5.91 Å². The monoisotopic (exact) mass is 406 g/mol. The first-order valence-electron chi connectivity index (χ1n) is 7.81. The van der Waals surface area contributed by atoms with Crippen molar-refractivity contribution in [3.05, 3.63) is 57.8 Å². The van der Waals surface area contributed by atoms with Gasteiger partial charge in [-0.25, -0.2) is 4.39 Å². The van der Waals surface area contributed by atoms with E-state index in [4.69, 9.17) is 4.74 Å². The highest BCUT2D eigenvalue weighted by Gasteiger charge is 2.15. The van der Waals surface area contributed by atoms with Crippen molar-refractivity contribution in [2.24, 2.45) is 0 Å². The number of nitrogens with one attached hydrogen (secondary N) is 2. The number of carbonyl (C=O) groups is 2. The fourth-order valence-electron chi connectivity index (χ4n) is 2.57. The van der Waals surface area contributed by atoms with E-state index in [2.05, 4.69) is 26.6 Å². The SMILES string of the molecule is O=C1CCc2cc(OCCNC(=O)c3cc(F)cc(Br)c3)ccc2N1. The van der Waals surface area contributed by atoms with Crippen molar-refractivity contribution in [2.75, 3.05) is 18.5 Å². The largest absolute Gasteiger partial charge is 0.492 e. The van der Waals surface area contributed by atoms with Crippen LogP contribution in [0.3, 0.4) is 0 Å². The number of amides is 2. The van der Waals surface area contributed by atoms with Crippen molar-refractivity contribution in [3.8, 4) is 5.75 Å². The first kappa shape index (κ1) is 17.4. The minimum Gasteiger partial charge on any atom is -0.492 e. The maximum Gasteiger partial charge on any atom is 0.251 e. The van der Waals surface area contributed by atoms with E-state index in [9.17, 15) is 14.0 Å². The fraction of sp³-hybridized carbons (Fsp3) is 0.222. The standard InChI is InChI=1S/C18H16BrFN2O3/c19-13-7-12(8-14(20)10-13)18(24)21-5-6-25-15-2-3-16-11(9-15)1-4-17(23)22-16/h2-3,7-10H,1,4-6H2,(H,21,24)(H,22,23). The van der Waals surface area contributed by atoms with Gasteiger partial charge in [-0.3, -0.25) is 9.59 Å². The number of halogens is 2. The van der Waals surface area contributed by atoms with E-state index in [1.807, 2.05) is 12.1 Å². The molecule has 130 valence electrons. The third-order valence-electron chi connectivity index (χ3n) is 3.75. The maximum absolute atomic E-state index is 13.3. The molecule has 2 N–H and O–H groups in total. The van der Waals surface area contributed by atoms with Gasteiger partial charge in [0, 0.05) is 22.1 Å². The van der Waals surface area contributed by atoms with Crippen LogP contribution in [0.15, 0.2) is 40.9 Å². The fourth-order valence-corrected chi connectivity index (χ4v) is 3.04. The van der Waals surface area contributed by atoms with Crippen molar-refractivity contribution in [2.45, 2.75) is 12.8 Å². The topological polar surface area (TPSA) is 67.4 Å². The highest BCUT2D eigenvalue weighted by atomic mass is 79.9. The molecule has 0 aromatic heterocycles. The number of benzene rings is 2. The number of hydrogen-bond acceptors (Lipinski definition) is 3. The Morgan fingerprint density at radius 3 is 2.88 bits per heavy atom. The molecule has 0 spiro atoms. The quantitative estimate of drug-likeness (QED) is 0.748. The van der Waals surface area contributed by atoms with Crippen LogP contribution in [0.25, 0.3) is 0 Å². The van der Waals surface area contributed by atoms with Crippen molar-refractivity contribution >= 4 is 33.4 Å². The molecule has 5 nitrogen and oxygen atoms in total. The summed E-state index contributed by atoms with van der Waals surface area (Å²) in [5, 5.41) is 5.49. The van der Waals surface area contributed by atoms with E-state index in [0.29, 0.717) is 29.6 Å². The summed E-state index contributed by atoms with van der Waals surface area (Å²) >= 11 is 3.16. The van der Waals surface area contributed by atoms with Gasteiger partial charge < -0.3 is 15.4 Å². The molecule has 1 heterocycles. The Kier molecular flexibility index (Phi) is 5.33. The molecule has 1 aliphatic heterocycles. The molecule has 7 heteroatoms. The molecule has 3 rings (SSSR count). The second-order valence-electron chi connectivity index (χ2n) is 5.63. The smallest absolute Gasteiger partial charge is 0.251 e. The molecular weight excluding hydrogens is 391 g/mol. The second kappa shape index (κ2) is 7.65. The average Bonchev–Trinajstić information content (AvgIpc) is 2.57. The summed E-state index contributed by atoms with van der Waals surface area (Å²) in [6.07, 6.45) is 1.15. The number of rotatable bonds is 5. The Bertz CT molecular complexity index is 806. The molecule has 2 aromatic rings. The zero-order valence-electron chi connectivity index (χ0n) is 13.3. The molecule has 25 heavy (non-hydrogen) atoms. The normalized spacial score (nSPS) is 13.0. The first-order chi connectivity index (χ1) is 12.0. The third kappa shape index (κ3) is 4.57. The Balaban J connectivity index is 1.50. The van der Waals surface area contributed by atoms with E-state index in [-0.39, 0.29) is 24.0 Å². The van der Waals surface area contributed by atoms with E-state index in [1.165, 1.54) is 12.1 Å². The number of ether oxygens (including phenoxy) is 1. The summed E-state index contributed by atoms with van der Waals surface area (Å²) < 4.78 is 19.4. The van der Waals surface area contributed by atoms with Gasteiger partial charge in [0.15, 0.2) is 0 Å². The molecule has 0 radical (unpaired) electrons. The van der Waals surface area contributed by atoms with Crippen LogP contribution >= 0.6 is 15.9 Å². The van der Waals surface area contributed by atoms with Gasteiger partial charge in [-0.2, -0.15) is 0 Å². The van der Waals surface area contributed by atoms with Crippen LogP contribution < -0.4 is 15.4 Å². The Hall–Kier alpha value is -2.41. The van der Waals surface area contributed by atoms with Crippen LogP contribution in [-0.2, 0) is 11.2 Å². The second-order valence-corrected chi connectivity index (χ2v) is 6.55. The average molecular weight is 407 g/mol. The highest BCUT2D eigenvalue weighted by molar-refractivity contribution is 9.10. The van der Waals surface area contributed by atoms with Gasteiger partial charge in [0.05, 0.1) is 6.54 Å². The van der Waals surface area contributed by atoms with E-state index in [0.717, 1.165) is 11.3 Å². The van der Waals surface area contributed by atoms with Crippen LogP contribution in [0.2, 0.25) is 0 Å². The third-order valence-corrected chi connectivity index (χ3v) is 4.21. The zero-order valence-corrected chi connectivity index (χ0v) is 14.9. The van der Waals surface area contributed by atoms with Crippen LogP contribution in [0, 0.1) is 5.82 Å². The van der Waals surface area contributed by atoms with Gasteiger partial charge in [-0.1, -0.05) is 15.9 Å². The first-order valence-corrected chi connectivity index (χ1v) is 8.60. The molecule has 0 aliphatic carbocycles. The van der Waals surface area contributed by atoms with Gasteiger partial charge in [0.2, 0.25) is 5.91 Å². The lowest BCUT2D eigenvalue weighted by atomic mass is 10.0. The molecule has 0 saturated carbocycles.